The summed E-state index contributed by atoms with van der Waals surface area (Å²) in [5, 5.41) is 16.5. The van der Waals surface area contributed by atoms with Crippen LogP contribution < -0.4 is 0 Å². The molecular formula is C15H24N2O4. The summed E-state index contributed by atoms with van der Waals surface area (Å²) in [5.41, 5.74) is 0.357. The number of nitrogens with zero attached hydrogens (tertiary/aromatic N) is 2. The number of aromatic nitrogens is 2. The average Bonchev–Trinajstić information content (AvgIpc) is 2.86. The van der Waals surface area contributed by atoms with Gasteiger partial charge >= 0.3 is 5.97 Å². The van der Waals surface area contributed by atoms with E-state index in [1.807, 2.05) is 0 Å². The Bertz CT molecular complexity index is 470. The summed E-state index contributed by atoms with van der Waals surface area (Å²) in [7, 11) is 0. The van der Waals surface area contributed by atoms with Gasteiger partial charge in [-0.15, -0.1) is 10.2 Å². The molecule has 1 aromatic heterocycles. The van der Waals surface area contributed by atoms with Crippen LogP contribution in [-0.2, 0) is 16.1 Å². The van der Waals surface area contributed by atoms with Gasteiger partial charge in [0.1, 0.15) is 13.2 Å². The molecule has 21 heavy (non-hydrogen) atoms. The molecule has 1 aliphatic rings. The van der Waals surface area contributed by atoms with Gasteiger partial charge in [-0.05, 0) is 37.0 Å². The predicted octanol–water partition coefficient (Wildman–Crippen LogP) is 2.99. The van der Waals surface area contributed by atoms with Crippen LogP contribution in [-0.4, -0.2) is 27.9 Å². The normalized spacial score (nSPS) is 23.2. The number of hydrogen-bond acceptors (Lipinski definition) is 5. The molecule has 1 aromatic rings. The number of rotatable bonds is 5. The Balaban J connectivity index is 1.84. The number of carbonyl (C=O) groups is 1. The van der Waals surface area contributed by atoms with Gasteiger partial charge in [0.25, 0.3) is 0 Å². The number of carboxylic acid groups (broad SMARTS) is 1. The van der Waals surface area contributed by atoms with Gasteiger partial charge in [-0.2, -0.15) is 0 Å². The Kier molecular flexibility index (Phi) is 4.98. The summed E-state index contributed by atoms with van der Waals surface area (Å²) in [6.07, 6.45) is 4.50. The summed E-state index contributed by atoms with van der Waals surface area (Å²) in [5.74, 6) is 1.08. The molecule has 2 rings (SSSR count). The molecule has 6 nitrogen and oxygen atoms in total. The van der Waals surface area contributed by atoms with Crippen LogP contribution in [0, 0.1) is 11.3 Å². The maximum Gasteiger partial charge on any atom is 0.329 e. The maximum absolute atomic E-state index is 10.4. The first-order chi connectivity index (χ1) is 9.86. The van der Waals surface area contributed by atoms with Crippen molar-refractivity contribution >= 4 is 5.97 Å². The molecule has 0 unspecified atom stereocenters. The average molecular weight is 296 g/mol. The van der Waals surface area contributed by atoms with E-state index in [4.69, 9.17) is 14.3 Å². The summed E-state index contributed by atoms with van der Waals surface area (Å²) < 4.78 is 10.5. The monoisotopic (exact) mass is 296 g/mol. The van der Waals surface area contributed by atoms with E-state index in [-0.39, 0.29) is 13.2 Å². The Morgan fingerprint density at radius 1 is 1.29 bits per heavy atom. The molecule has 1 heterocycles. The molecule has 0 aliphatic heterocycles. The van der Waals surface area contributed by atoms with Crippen molar-refractivity contribution in [3.8, 4) is 0 Å². The predicted molar refractivity (Wildman–Crippen MR) is 75.7 cm³/mol. The van der Waals surface area contributed by atoms with E-state index in [1.165, 1.54) is 12.8 Å². The van der Waals surface area contributed by atoms with Gasteiger partial charge in [0.05, 0.1) is 0 Å². The van der Waals surface area contributed by atoms with Crippen LogP contribution in [0.5, 0.6) is 0 Å². The molecule has 0 radical (unpaired) electrons. The van der Waals surface area contributed by atoms with Gasteiger partial charge in [0.15, 0.2) is 0 Å². The second-order valence-corrected chi connectivity index (χ2v) is 6.84. The van der Waals surface area contributed by atoms with Crippen molar-refractivity contribution in [1.29, 1.82) is 0 Å². The lowest BCUT2D eigenvalue weighted by Gasteiger charge is -2.36. The van der Waals surface area contributed by atoms with Gasteiger partial charge in [-0.3, -0.25) is 0 Å². The van der Waals surface area contributed by atoms with Crippen molar-refractivity contribution in [3.63, 3.8) is 0 Å². The highest BCUT2D eigenvalue weighted by Crippen LogP contribution is 2.42. The van der Waals surface area contributed by atoms with Crippen LogP contribution in [0.1, 0.15) is 64.2 Å². The third-order valence-electron chi connectivity index (χ3n) is 4.23. The molecule has 0 amide bonds. The smallest absolute Gasteiger partial charge is 0.329 e. The lowest BCUT2D eigenvalue weighted by Crippen LogP contribution is -2.25. The first kappa shape index (κ1) is 15.9. The van der Waals surface area contributed by atoms with E-state index in [0.29, 0.717) is 23.1 Å². The third kappa shape index (κ3) is 4.52. The fraction of sp³-hybridized carbons (Fsp3) is 0.800. The lowest BCUT2D eigenvalue weighted by atomic mass is 9.70. The van der Waals surface area contributed by atoms with Gasteiger partial charge in [0.2, 0.25) is 11.8 Å². The molecule has 1 N–H and O–H groups in total. The van der Waals surface area contributed by atoms with Crippen molar-refractivity contribution in [2.45, 2.75) is 59.0 Å². The lowest BCUT2D eigenvalue weighted by molar-refractivity contribution is -0.142. The van der Waals surface area contributed by atoms with Crippen molar-refractivity contribution in [3.05, 3.63) is 11.8 Å². The van der Waals surface area contributed by atoms with E-state index in [9.17, 15) is 4.79 Å². The molecule has 0 saturated heterocycles. The number of hydrogen-bond donors (Lipinski definition) is 1. The molecule has 0 spiro atoms. The molecule has 0 aromatic carbocycles. The fourth-order valence-corrected chi connectivity index (χ4v) is 2.92. The Morgan fingerprint density at radius 3 is 2.52 bits per heavy atom. The zero-order valence-electron chi connectivity index (χ0n) is 13.0. The van der Waals surface area contributed by atoms with Gasteiger partial charge < -0.3 is 14.3 Å². The zero-order valence-corrected chi connectivity index (χ0v) is 13.0. The van der Waals surface area contributed by atoms with Crippen LogP contribution in [0.4, 0.5) is 0 Å². The summed E-state index contributed by atoms with van der Waals surface area (Å²) in [6, 6.07) is 0. The standard InChI is InChI=1S/C15H24N2O4/c1-15(2,3)11-6-4-10(5-7-11)14-17-16-12(21-14)8-20-9-13(18)19/h10-11H,4-9H2,1-3H3,(H,18,19). The molecule has 6 heteroatoms. The minimum atomic E-state index is -1.00. The Morgan fingerprint density at radius 2 is 1.95 bits per heavy atom. The SMILES string of the molecule is CC(C)(C)C1CCC(c2nnc(COCC(=O)O)o2)CC1. The molecule has 1 fully saturated rings. The summed E-state index contributed by atoms with van der Waals surface area (Å²) >= 11 is 0. The summed E-state index contributed by atoms with van der Waals surface area (Å²) in [4.78, 5) is 10.4. The molecule has 1 saturated carbocycles. The van der Waals surface area contributed by atoms with Crippen LogP contribution in [0.2, 0.25) is 0 Å². The van der Waals surface area contributed by atoms with Crippen LogP contribution in [0.15, 0.2) is 4.42 Å². The maximum atomic E-state index is 10.4. The summed E-state index contributed by atoms with van der Waals surface area (Å²) in [6.45, 7) is 6.58. The second-order valence-electron chi connectivity index (χ2n) is 6.84. The first-order valence-electron chi connectivity index (χ1n) is 7.48. The highest BCUT2D eigenvalue weighted by molar-refractivity contribution is 5.67. The van der Waals surface area contributed by atoms with Crippen LogP contribution in [0.25, 0.3) is 0 Å². The Labute approximate surface area is 124 Å². The van der Waals surface area contributed by atoms with E-state index in [1.54, 1.807) is 0 Å². The molecule has 118 valence electrons. The number of ether oxygens (including phenoxy) is 1. The van der Waals surface area contributed by atoms with Crippen LogP contribution >= 0.6 is 0 Å². The van der Waals surface area contributed by atoms with Gasteiger partial charge in [0, 0.05) is 5.92 Å². The fourth-order valence-electron chi connectivity index (χ4n) is 2.92. The van der Waals surface area contributed by atoms with E-state index < -0.39 is 5.97 Å². The largest absolute Gasteiger partial charge is 0.480 e. The van der Waals surface area contributed by atoms with Gasteiger partial charge in [-0.1, -0.05) is 20.8 Å². The topological polar surface area (TPSA) is 85.5 Å². The van der Waals surface area contributed by atoms with Crippen molar-refractivity contribution < 1.29 is 19.1 Å². The zero-order chi connectivity index (χ0) is 15.5. The second kappa shape index (κ2) is 6.56. The highest BCUT2D eigenvalue weighted by atomic mass is 16.5. The van der Waals surface area contributed by atoms with Crippen molar-refractivity contribution in [2.75, 3.05) is 6.61 Å². The molecular weight excluding hydrogens is 272 g/mol. The van der Waals surface area contributed by atoms with E-state index >= 15 is 0 Å². The molecule has 0 atom stereocenters. The van der Waals surface area contributed by atoms with Crippen LogP contribution in [0.3, 0.4) is 0 Å². The van der Waals surface area contributed by atoms with Crippen molar-refractivity contribution in [1.82, 2.24) is 10.2 Å². The first-order valence-corrected chi connectivity index (χ1v) is 7.48. The van der Waals surface area contributed by atoms with E-state index in [0.717, 1.165) is 18.8 Å². The third-order valence-corrected chi connectivity index (χ3v) is 4.23. The minimum absolute atomic E-state index is 0.0522. The quantitative estimate of drug-likeness (QED) is 0.899. The van der Waals surface area contributed by atoms with Crippen molar-refractivity contribution in [2.24, 2.45) is 11.3 Å². The molecule has 0 bridgehead atoms. The highest BCUT2D eigenvalue weighted by Gasteiger charge is 2.32. The van der Waals surface area contributed by atoms with Gasteiger partial charge in [-0.25, -0.2) is 4.79 Å². The number of aliphatic carboxylic acids is 1. The van der Waals surface area contributed by atoms with E-state index in [2.05, 4.69) is 31.0 Å². The number of carboxylic acids is 1. The molecule has 1 aliphatic carbocycles. The Hall–Kier alpha value is -1.43. The minimum Gasteiger partial charge on any atom is -0.480 e.